The van der Waals surface area contributed by atoms with E-state index < -0.39 is 0 Å². The van der Waals surface area contributed by atoms with Crippen LogP contribution in [-0.4, -0.2) is 0 Å². The van der Waals surface area contributed by atoms with Crippen molar-refractivity contribution in [3.63, 3.8) is 0 Å². The quantitative estimate of drug-likeness (QED) is 0.484. The summed E-state index contributed by atoms with van der Waals surface area (Å²) < 4.78 is 0. The molecule has 0 amide bonds. The maximum absolute atomic E-state index is 2.97. The third-order valence-corrected chi connectivity index (χ3v) is 1.08. The van der Waals surface area contributed by atoms with Crippen molar-refractivity contribution in [2.45, 2.75) is 13.8 Å². The van der Waals surface area contributed by atoms with Gasteiger partial charge in [0.25, 0.3) is 0 Å². The number of rotatable bonds is 0. The number of nitrogens with one attached hydrogen (secondary N) is 2. The first-order chi connectivity index (χ1) is 3.80. The van der Waals surface area contributed by atoms with Gasteiger partial charge in [-0.25, -0.2) is 0 Å². The Balaban J connectivity index is 2.73. The Hall–Kier alpha value is -0.920. The van der Waals surface area contributed by atoms with Crippen LogP contribution in [0.5, 0.6) is 0 Å². The van der Waals surface area contributed by atoms with E-state index in [1.165, 1.54) is 11.3 Å². The summed E-state index contributed by atoms with van der Waals surface area (Å²) >= 11 is 0. The van der Waals surface area contributed by atoms with E-state index in [2.05, 4.69) is 24.7 Å². The van der Waals surface area contributed by atoms with Crippen LogP contribution in [0.25, 0.3) is 0 Å². The first-order valence-corrected chi connectivity index (χ1v) is 2.66. The summed E-state index contributed by atoms with van der Waals surface area (Å²) in [4.78, 5) is 0. The van der Waals surface area contributed by atoms with Gasteiger partial charge < -0.3 is 10.9 Å². The zero-order chi connectivity index (χ0) is 5.98. The van der Waals surface area contributed by atoms with Crippen molar-refractivity contribution in [2.75, 3.05) is 0 Å². The standard InChI is InChI=1S/C6H10N2/c1-5(2)6-3-4-7-8-6/h3-4,7-8H,1-2H3. The minimum atomic E-state index is 1.17. The van der Waals surface area contributed by atoms with Crippen molar-refractivity contribution in [3.8, 4) is 0 Å². The third-order valence-electron chi connectivity index (χ3n) is 1.08. The van der Waals surface area contributed by atoms with Crippen LogP contribution < -0.4 is 10.9 Å². The molecule has 0 aromatic heterocycles. The summed E-state index contributed by atoms with van der Waals surface area (Å²) in [6, 6.07) is 0. The fourth-order valence-electron chi connectivity index (χ4n) is 0.578. The van der Waals surface area contributed by atoms with E-state index in [-0.39, 0.29) is 0 Å². The first-order valence-electron chi connectivity index (χ1n) is 2.66. The van der Waals surface area contributed by atoms with Gasteiger partial charge in [-0.1, -0.05) is 5.57 Å². The summed E-state index contributed by atoms with van der Waals surface area (Å²) in [6.07, 6.45) is 3.89. The van der Waals surface area contributed by atoms with Gasteiger partial charge in [0.2, 0.25) is 0 Å². The largest absolute Gasteiger partial charge is 0.308 e. The Bertz CT molecular complexity index is 141. The molecule has 2 N–H and O–H groups in total. The van der Waals surface area contributed by atoms with Gasteiger partial charge >= 0.3 is 0 Å². The number of allylic oxidation sites excluding steroid dienone is 2. The molecular formula is C6H10N2. The Kier molecular flexibility index (Phi) is 1.24. The molecule has 1 aliphatic heterocycles. The molecule has 1 heterocycles. The lowest BCUT2D eigenvalue weighted by Crippen LogP contribution is -2.19. The smallest absolute Gasteiger partial charge is 0.0541 e. The summed E-state index contributed by atoms with van der Waals surface area (Å²) in [5.41, 5.74) is 8.31. The molecular weight excluding hydrogens is 100 g/mol. The Morgan fingerprint density at radius 2 is 2.25 bits per heavy atom. The Morgan fingerprint density at radius 1 is 1.50 bits per heavy atom. The van der Waals surface area contributed by atoms with E-state index in [9.17, 15) is 0 Å². The first kappa shape index (κ1) is 5.22. The second kappa shape index (κ2) is 1.90. The van der Waals surface area contributed by atoms with E-state index >= 15 is 0 Å². The summed E-state index contributed by atoms with van der Waals surface area (Å²) in [6.45, 7) is 4.14. The molecule has 1 rings (SSSR count). The molecule has 0 fully saturated rings. The van der Waals surface area contributed by atoms with Gasteiger partial charge in [-0.05, 0) is 19.9 Å². The summed E-state index contributed by atoms with van der Waals surface area (Å²) in [5.74, 6) is 0. The molecule has 1 aliphatic rings. The van der Waals surface area contributed by atoms with E-state index in [0.29, 0.717) is 0 Å². The van der Waals surface area contributed by atoms with Crippen molar-refractivity contribution in [1.82, 2.24) is 10.9 Å². The van der Waals surface area contributed by atoms with Crippen LogP contribution in [0, 0.1) is 0 Å². The van der Waals surface area contributed by atoms with Crippen molar-refractivity contribution in [3.05, 3.63) is 23.5 Å². The molecule has 2 nitrogen and oxygen atoms in total. The van der Waals surface area contributed by atoms with Crippen LogP contribution in [0.2, 0.25) is 0 Å². The predicted molar refractivity (Wildman–Crippen MR) is 33.8 cm³/mol. The highest BCUT2D eigenvalue weighted by molar-refractivity contribution is 5.24. The van der Waals surface area contributed by atoms with Crippen LogP contribution >= 0.6 is 0 Å². The molecule has 0 aromatic rings. The van der Waals surface area contributed by atoms with Crippen molar-refractivity contribution in [2.24, 2.45) is 0 Å². The zero-order valence-electron chi connectivity index (χ0n) is 5.15. The molecule has 0 radical (unpaired) electrons. The number of hydrazine groups is 1. The van der Waals surface area contributed by atoms with Crippen molar-refractivity contribution < 1.29 is 0 Å². The normalized spacial score (nSPS) is 15.5. The van der Waals surface area contributed by atoms with Crippen LogP contribution in [-0.2, 0) is 0 Å². The fraction of sp³-hybridized carbons (Fsp3) is 0.333. The van der Waals surface area contributed by atoms with Gasteiger partial charge in [-0.15, -0.1) is 0 Å². The van der Waals surface area contributed by atoms with Crippen molar-refractivity contribution >= 4 is 0 Å². The molecule has 8 heavy (non-hydrogen) atoms. The molecule has 0 atom stereocenters. The fourth-order valence-corrected chi connectivity index (χ4v) is 0.578. The molecule has 0 bridgehead atoms. The average Bonchev–Trinajstić information content (AvgIpc) is 2.12. The zero-order valence-corrected chi connectivity index (χ0v) is 5.15. The average molecular weight is 110 g/mol. The van der Waals surface area contributed by atoms with Crippen LogP contribution in [0.15, 0.2) is 23.5 Å². The molecule has 0 spiro atoms. The van der Waals surface area contributed by atoms with Crippen LogP contribution in [0.4, 0.5) is 0 Å². The van der Waals surface area contributed by atoms with Gasteiger partial charge in [0, 0.05) is 6.20 Å². The van der Waals surface area contributed by atoms with Crippen LogP contribution in [0.1, 0.15) is 13.8 Å². The molecule has 2 heteroatoms. The lowest BCUT2D eigenvalue weighted by Gasteiger charge is -1.98. The van der Waals surface area contributed by atoms with E-state index in [1.54, 1.807) is 0 Å². The SMILES string of the molecule is CC(C)=C1C=CNN1. The lowest BCUT2D eigenvalue weighted by atomic mass is 10.3. The Morgan fingerprint density at radius 3 is 2.50 bits per heavy atom. The second-order valence-electron chi connectivity index (χ2n) is 2.02. The maximum atomic E-state index is 2.97. The van der Waals surface area contributed by atoms with Crippen LogP contribution in [0.3, 0.4) is 0 Å². The molecule has 0 unspecified atom stereocenters. The monoisotopic (exact) mass is 110 g/mol. The highest BCUT2D eigenvalue weighted by Gasteiger charge is 1.95. The molecule has 0 saturated heterocycles. The minimum absolute atomic E-state index is 1.17. The lowest BCUT2D eigenvalue weighted by molar-refractivity contribution is 0.777. The topological polar surface area (TPSA) is 24.1 Å². The minimum Gasteiger partial charge on any atom is -0.308 e. The van der Waals surface area contributed by atoms with E-state index in [0.717, 1.165) is 0 Å². The van der Waals surface area contributed by atoms with Gasteiger partial charge in [-0.3, -0.25) is 0 Å². The second-order valence-corrected chi connectivity index (χ2v) is 2.02. The molecule has 0 aromatic carbocycles. The third kappa shape index (κ3) is 0.832. The Labute approximate surface area is 49.2 Å². The van der Waals surface area contributed by atoms with E-state index in [4.69, 9.17) is 0 Å². The predicted octanol–water partition coefficient (Wildman–Crippen LogP) is 0.902. The summed E-state index contributed by atoms with van der Waals surface area (Å²) in [5, 5.41) is 0. The number of hydrogen-bond donors (Lipinski definition) is 2. The molecule has 44 valence electrons. The highest BCUT2D eigenvalue weighted by Crippen LogP contribution is 2.01. The number of hydrogen-bond acceptors (Lipinski definition) is 2. The summed E-state index contributed by atoms with van der Waals surface area (Å²) in [7, 11) is 0. The van der Waals surface area contributed by atoms with Crippen molar-refractivity contribution in [1.29, 1.82) is 0 Å². The van der Waals surface area contributed by atoms with Gasteiger partial charge in [0.1, 0.15) is 0 Å². The molecule has 0 aliphatic carbocycles. The van der Waals surface area contributed by atoms with Gasteiger partial charge in [-0.2, -0.15) is 0 Å². The van der Waals surface area contributed by atoms with Gasteiger partial charge in [0.15, 0.2) is 0 Å². The molecule has 0 saturated carbocycles. The highest BCUT2D eigenvalue weighted by atomic mass is 15.4. The van der Waals surface area contributed by atoms with Gasteiger partial charge in [0.05, 0.1) is 5.70 Å². The van der Waals surface area contributed by atoms with E-state index in [1.807, 2.05) is 12.3 Å². The maximum Gasteiger partial charge on any atom is 0.0541 e.